The molecule has 0 atom stereocenters. The Bertz CT molecular complexity index is 1800. The zero-order valence-electron chi connectivity index (χ0n) is 30.3. The Balaban J connectivity index is 0.000000259. The molecule has 0 radical (unpaired) electrons. The summed E-state index contributed by atoms with van der Waals surface area (Å²) in [4.78, 5) is 18.7. The Morgan fingerprint density at radius 3 is 1.71 bits per heavy atom. The molecule has 0 saturated carbocycles. The second kappa shape index (κ2) is 19.4. The maximum Gasteiger partial charge on any atom is 0.191 e. The van der Waals surface area contributed by atoms with Gasteiger partial charge < -0.3 is 25.4 Å². The molecule has 9 heteroatoms. The van der Waals surface area contributed by atoms with E-state index in [1.807, 2.05) is 63.2 Å². The maximum atomic E-state index is 10.5. The van der Waals surface area contributed by atoms with E-state index in [1.165, 1.54) is 16.7 Å². The molecular formula is C40H48N5O4-. The Kier molecular flexibility index (Phi) is 15.7. The molecule has 0 aliphatic rings. The van der Waals surface area contributed by atoms with Gasteiger partial charge in [-0.15, -0.1) is 0 Å². The zero-order valence-corrected chi connectivity index (χ0v) is 30.3. The molecule has 0 spiro atoms. The predicted molar refractivity (Wildman–Crippen MR) is 197 cm³/mol. The van der Waals surface area contributed by atoms with Crippen molar-refractivity contribution in [3.05, 3.63) is 111 Å². The summed E-state index contributed by atoms with van der Waals surface area (Å²) in [6.45, 7) is 20.6. The van der Waals surface area contributed by atoms with Crippen LogP contribution < -0.4 is 19.9 Å². The lowest BCUT2D eigenvalue weighted by Crippen LogP contribution is -2.01. The fourth-order valence-corrected chi connectivity index (χ4v) is 4.65. The highest BCUT2D eigenvalue weighted by Crippen LogP contribution is 2.33. The lowest BCUT2D eigenvalue weighted by molar-refractivity contribution is -0.106. The highest BCUT2D eigenvalue weighted by Gasteiger charge is 2.12. The fraction of sp³-hybridized carbons (Fsp3) is 0.350. The number of allylic oxidation sites excluding steroid dienone is 1. The highest BCUT2D eigenvalue weighted by atomic mass is 16.5. The molecule has 0 saturated heterocycles. The summed E-state index contributed by atoms with van der Waals surface area (Å²) in [5.41, 5.74) is 12.7. The van der Waals surface area contributed by atoms with Crippen LogP contribution in [-0.4, -0.2) is 28.7 Å². The third-order valence-corrected chi connectivity index (χ3v) is 7.21. The van der Waals surface area contributed by atoms with E-state index < -0.39 is 0 Å². The van der Waals surface area contributed by atoms with Crippen molar-refractivity contribution in [3.8, 4) is 29.1 Å². The molecule has 0 aliphatic heterocycles. The van der Waals surface area contributed by atoms with Crippen molar-refractivity contribution in [3.63, 3.8) is 0 Å². The number of carbonyl (C=O) groups is 1. The minimum Gasteiger partial charge on any atom is -0.760 e. The smallest absolute Gasteiger partial charge is 0.191 e. The number of nitrogens with zero attached hydrogens (tertiary/aromatic N) is 4. The quantitative estimate of drug-likeness (QED) is 0.0766. The summed E-state index contributed by atoms with van der Waals surface area (Å²) in [6, 6.07) is 19.8. The average molecular weight is 663 g/mol. The first-order valence-corrected chi connectivity index (χ1v) is 16.2. The van der Waals surface area contributed by atoms with Crippen molar-refractivity contribution in [2.24, 2.45) is 0 Å². The van der Waals surface area contributed by atoms with Gasteiger partial charge in [-0.25, -0.2) is 15.8 Å². The number of anilines is 1. The first kappa shape index (κ1) is 39.7. The molecular weight excluding hydrogens is 614 g/mol. The van der Waals surface area contributed by atoms with Gasteiger partial charge in [0.2, 0.25) is 0 Å². The summed E-state index contributed by atoms with van der Waals surface area (Å²) >= 11 is 0. The van der Waals surface area contributed by atoms with Crippen LogP contribution in [0.4, 0.5) is 5.82 Å². The van der Waals surface area contributed by atoms with Crippen LogP contribution in [0.3, 0.4) is 0 Å². The molecule has 49 heavy (non-hydrogen) atoms. The number of hydrogen-bond donors (Lipinski definition) is 1. The molecule has 0 bridgehead atoms. The van der Waals surface area contributed by atoms with E-state index in [4.69, 9.17) is 30.6 Å². The van der Waals surface area contributed by atoms with E-state index in [9.17, 15) is 4.79 Å². The van der Waals surface area contributed by atoms with Gasteiger partial charge in [0.05, 0.1) is 6.20 Å². The van der Waals surface area contributed by atoms with Crippen molar-refractivity contribution in [2.75, 3.05) is 12.3 Å². The molecule has 0 amide bonds. The van der Waals surface area contributed by atoms with Crippen molar-refractivity contribution < 1.29 is 19.0 Å². The zero-order chi connectivity index (χ0) is 36.7. The summed E-state index contributed by atoms with van der Waals surface area (Å²) < 4.78 is 16.5. The number of aromatic nitrogens is 2. The second-order valence-electron chi connectivity index (χ2n) is 12.5. The van der Waals surface area contributed by atoms with Gasteiger partial charge in [0.25, 0.3) is 0 Å². The van der Waals surface area contributed by atoms with Crippen LogP contribution in [0, 0.1) is 39.0 Å². The SMILES string of the molecule is Cc1ccc(OC(=C=[N-])C=O)c(C(C)C)c1.Cc1ccc(OCC#N)c(C(C)C)c1.Cc1ccc(Oc2cnc(C)nc2N)c(C(C)C)c1. The van der Waals surface area contributed by atoms with Crippen molar-refractivity contribution in [2.45, 2.75) is 87.0 Å². The van der Waals surface area contributed by atoms with Gasteiger partial charge in [-0.3, -0.25) is 4.79 Å². The second-order valence-corrected chi connectivity index (χ2v) is 12.5. The van der Waals surface area contributed by atoms with Crippen LogP contribution >= 0.6 is 0 Å². The van der Waals surface area contributed by atoms with E-state index >= 15 is 0 Å². The summed E-state index contributed by atoms with van der Waals surface area (Å²) in [6.07, 6.45) is 2.03. The number of nitrogen functional groups attached to an aromatic ring is 1. The molecule has 4 aromatic rings. The topological polar surface area (TPSA) is 143 Å². The average Bonchev–Trinajstić information content (AvgIpc) is 3.06. The van der Waals surface area contributed by atoms with Crippen LogP contribution in [0.1, 0.15) is 98.5 Å². The minimum absolute atomic E-state index is 0.114. The first-order valence-electron chi connectivity index (χ1n) is 16.2. The standard InChI is InChI=1S/C15H19N3O.C13H14NO2.C12H15NO/c1-9(2)12-7-10(3)5-6-13(12)19-14-8-17-11(4)18-15(14)16;1-9(2)12-6-10(3)4-5-13(12)16-11(7-14)8-15;1-9(2)11-8-10(3)4-5-12(11)14-7-6-13/h5-9H,1-4H3,(H2,16,17,18);4-6,8-9H,1-3H3;4-5,8-9H,7H2,1-3H3/q;-1;. The number of aldehydes is 1. The number of carbonyl (C=O) groups excluding carboxylic acids is 1. The van der Waals surface area contributed by atoms with E-state index in [-0.39, 0.29) is 18.3 Å². The molecule has 1 aromatic heterocycles. The van der Waals surface area contributed by atoms with Gasteiger partial charge in [-0.1, -0.05) is 94.6 Å². The predicted octanol–water partition coefficient (Wildman–Crippen LogP) is 9.43. The molecule has 0 unspecified atom stereocenters. The summed E-state index contributed by atoms with van der Waals surface area (Å²) in [5, 5.41) is 17.1. The van der Waals surface area contributed by atoms with Crippen molar-refractivity contribution in [1.82, 2.24) is 9.97 Å². The van der Waals surface area contributed by atoms with Gasteiger partial charge in [-0.2, -0.15) is 5.26 Å². The monoisotopic (exact) mass is 662 g/mol. The Hall–Kier alpha value is -5.45. The molecule has 0 aliphatic carbocycles. The van der Waals surface area contributed by atoms with Gasteiger partial charge >= 0.3 is 0 Å². The van der Waals surface area contributed by atoms with E-state index in [0.29, 0.717) is 41.3 Å². The number of benzene rings is 3. The summed E-state index contributed by atoms with van der Waals surface area (Å²) in [5.74, 6) is 6.27. The number of nitrogens with two attached hydrogens (primary N) is 1. The molecule has 0 fully saturated rings. The normalized spacial score (nSPS) is 10.2. The molecule has 2 N–H and O–H groups in total. The van der Waals surface area contributed by atoms with Gasteiger partial charge in [0, 0.05) is 0 Å². The molecule has 258 valence electrons. The molecule has 9 nitrogen and oxygen atoms in total. The van der Waals surface area contributed by atoms with Gasteiger partial charge in [-0.05, 0) is 80.3 Å². The summed E-state index contributed by atoms with van der Waals surface area (Å²) in [7, 11) is 0. The van der Waals surface area contributed by atoms with E-state index in [2.05, 4.69) is 63.6 Å². The van der Waals surface area contributed by atoms with Crippen LogP contribution in [0.2, 0.25) is 0 Å². The van der Waals surface area contributed by atoms with Crippen LogP contribution in [0.25, 0.3) is 5.41 Å². The van der Waals surface area contributed by atoms with E-state index in [1.54, 1.807) is 25.1 Å². The largest absolute Gasteiger partial charge is 0.760 e. The van der Waals surface area contributed by atoms with E-state index in [0.717, 1.165) is 28.2 Å². The van der Waals surface area contributed by atoms with Crippen LogP contribution in [0.15, 0.2) is 66.6 Å². The Morgan fingerprint density at radius 1 is 0.796 bits per heavy atom. The number of rotatable bonds is 10. The van der Waals surface area contributed by atoms with Gasteiger partial charge in [0.1, 0.15) is 29.1 Å². The number of aryl methyl sites for hydroxylation is 4. The van der Waals surface area contributed by atoms with Crippen LogP contribution in [-0.2, 0) is 4.79 Å². The lowest BCUT2D eigenvalue weighted by Gasteiger charge is -2.15. The fourth-order valence-electron chi connectivity index (χ4n) is 4.65. The highest BCUT2D eigenvalue weighted by molar-refractivity contribution is 5.86. The maximum absolute atomic E-state index is 10.5. The lowest BCUT2D eigenvalue weighted by atomic mass is 10.00. The molecule has 3 aromatic carbocycles. The van der Waals surface area contributed by atoms with Crippen molar-refractivity contribution in [1.29, 1.82) is 5.26 Å². The Labute approximate surface area is 291 Å². The third kappa shape index (κ3) is 12.6. The van der Waals surface area contributed by atoms with Gasteiger partial charge in [0.15, 0.2) is 30.2 Å². The van der Waals surface area contributed by atoms with Crippen molar-refractivity contribution >= 4 is 18.0 Å². The number of nitriles is 1. The first-order chi connectivity index (χ1) is 23.2. The number of hydrogen-bond acceptors (Lipinski definition) is 8. The third-order valence-electron chi connectivity index (χ3n) is 7.21. The van der Waals surface area contributed by atoms with Crippen LogP contribution in [0.5, 0.6) is 23.0 Å². The molecule has 4 rings (SSSR count). The minimum atomic E-state index is -0.217. The Morgan fingerprint density at radius 2 is 1.27 bits per heavy atom. The molecule has 1 heterocycles. The number of ether oxygens (including phenoxy) is 3.